The quantitative estimate of drug-likeness (QED) is 0.166. The molecule has 0 saturated heterocycles. The number of esters is 1. The van der Waals surface area contributed by atoms with E-state index in [4.69, 9.17) is 9.47 Å². The summed E-state index contributed by atoms with van der Waals surface area (Å²) in [6.07, 6.45) is 1.13. The SMILES string of the molecule is COc1cccc(C(=O)Oc2ccc([N+](=O)[O-])cc2/C=N/NC(=O)c2ccc(NC(C)=O)cc2)c1. The monoisotopic (exact) mass is 476 g/mol. The standard InChI is InChI=1S/C24H20N4O7/c1-15(29)26-19-8-6-16(7-9-19)23(30)27-25-14-18-12-20(28(32)33)10-11-22(18)35-24(31)17-4-3-5-21(13-17)34-2/h3-14H,1-2H3,(H,26,29)(H,27,30)/b25-14+. The smallest absolute Gasteiger partial charge is 0.343 e. The Bertz CT molecular complexity index is 1300. The van der Waals surface area contributed by atoms with Crippen molar-refractivity contribution < 1.29 is 28.8 Å². The van der Waals surface area contributed by atoms with Crippen molar-refractivity contribution in [3.63, 3.8) is 0 Å². The Hall–Kier alpha value is -5.06. The number of carbonyl (C=O) groups excluding carboxylic acids is 3. The van der Waals surface area contributed by atoms with Crippen molar-refractivity contribution in [3.8, 4) is 11.5 Å². The van der Waals surface area contributed by atoms with Crippen LogP contribution in [0, 0.1) is 10.1 Å². The molecule has 2 amide bonds. The fraction of sp³-hybridized carbons (Fsp3) is 0.0833. The Balaban J connectivity index is 1.77. The molecule has 3 aromatic rings. The topological polar surface area (TPSA) is 149 Å². The largest absolute Gasteiger partial charge is 0.497 e. The minimum Gasteiger partial charge on any atom is -0.497 e. The molecule has 3 aromatic carbocycles. The third kappa shape index (κ3) is 6.71. The van der Waals surface area contributed by atoms with Crippen LogP contribution in [0.1, 0.15) is 33.2 Å². The number of anilines is 1. The van der Waals surface area contributed by atoms with Crippen molar-refractivity contribution >= 4 is 35.4 Å². The number of nitrogens with zero attached hydrogens (tertiary/aromatic N) is 2. The average molecular weight is 476 g/mol. The van der Waals surface area contributed by atoms with E-state index in [1.165, 1.54) is 50.4 Å². The Kier molecular flexibility index (Phi) is 7.86. The summed E-state index contributed by atoms with van der Waals surface area (Å²) in [7, 11) is 1.46. The zero-order valence-electron chi connectivity index (χ0n) is 18.7. The normalized spacial score (nSPS) is 10.5. The zero-order chi connectivity index (χ0) is 25.4. The number of methoxy groups -OCH3 is 1. The van der Waals surface area contributed by atoms with Crippen molar-refractivity contribution in [1.82, 2.24) is 5.43 Å². The third-order valence-electron chi connectivity index (χ3n) is 4.55. The minimum atomic E-state index is -0.712. The van der Waals surface area contributed by atoms with E-state index >= 15 is 0 Å². The van der Waals surface area contributed by atoms with Gasteiger partial charge in [-0.2, -0.15) is 5.10 Å². The average Bonchev–Trinajstić information content (AvgIpc) is 2.84. The fourth-order valence-corrected chi connectivity index (χ4v) is 2.89. The first-order chi connectivity index (χ1) is 16.8. The summed E-state index contributed by atoms with van der Waals surface area (Å²) in [4.78, 5) is 46.6. The molecule has 11 heteroatoms. The zero-order valence-corrected chi connectivity index (χ0v) is 18.7. The first kappa shape index (κ1) is 24.6. The van der Waals surface area contributed by atoms with Gasteiger partial charge in [0, 0.05) is 35.9 Å². The maximum atomic E-state index is 12.6. The highest BCUT2D eigenvalue weighted by Crippen LogP contribution is 2.24. The number of rotatable bonds is 8. The molecule has 0 fully saturated rings. The number of nitro groups is 1. The van der Waals surface area contributed by atoms with Crippen LogP contribution in [0.5, 0.6) is 11.5 Å². The molecule has 0 aromatic heterocycles. The molecule has 0 heterocycles. The van der Waals surface area contributed by atoms with Gasteiger partial charge in [0.25, 0.3) is 11.6 Å². The number of nitrogens with one attached hydrogen (secondary N) is 2. The van der Waals surface area contributed by atoms with E-state index in [-0.39, 0.29) is 34.0 Å². The second-order valence-electron chi connectivity index (χ2n) is 7.06. The lowest BCUT2D eigenvalue weighted by atomic mass is 10.2. The highest BCUT2D eigenvalue weighted by atomic mass is 16.6. The van der Waals surface area contributed by atoms with E-state index in [9.17, 15) is 24.5 Å². The second kappa shape index (κ2) is 11.2. The van der Waals surface area contributed by atoms with Gasteiger partial charge in [0.15, 0.2) is 0 Å². The van der Waals surface area contributed by atoms with Crippen LogP contribution in [0.2, 0.25) is 0 Å². The van der Waals surface area contributed by atoms with E-state index in [1.807, 2.05) is 0 Å². The fourth-order valence-electron chi connectivity index (χ4n) is 2.89. The first-order valence-electron chi connectivity index (χ1n) is 10.1. The summed E-state index contributed by atoms with van der Waals surface area (Å²) >= 11 is 0. The van der Waals surface area contributed by atoms with Gasteiger partial charge >= 0.3 is 5.97 Å². The van der Waals surface area contributed by atoms with Crippen LogP contribution in [0.25, 0.3) is 0 Å². The molecule has 0 aliphatic carbocycles. The van der Waals surface area contributed by atoms with E-state index < -0.39 is 16.8 Å². The van der Waals surface area contributed by atoms with E-state index in [0.717, 1.165) is 12.3 Å². The minimum absolute atomic E-state index is 0.000999. The lowest BCUT2D eigenvalue weighted by Gasteiger charge is -2.08. The van der Waals surface area contributed by atoms with Crippen molar-refractivity contribution in [2.75, 3.05) is 12.4 Å². The van der Waals surface area contributed by atoms with E-state index in [2.05, 4.69) is 15.8 Å². The summed E-state index contributed by atoms with van der Waals surface area (Å²) in [5.74, 6) is -1.06. The van der Waals surface area contributed by atoms with Crippen molar-refractivity contribution in [2.24, 2.45) is 5.10 Å². The van der Waals surface area contributed by atoms with Gasteiger partial charge in [0.2, 0.25) is 5.91 Å². The third-order valence-corrected chi connectivity index (χ3v) is 4.55. The molecule has 0 atom stereocenters. The van der Waals surface area contributed by atoms with Crippen molar-refractivity contribution in [3.05, 3.63) is 93.5 Å². The van der Waals surface area contributed by atoms with Gasteiger partial charge in [0.05, 0.1) is 23.8 Å². The van der Waals surface area contributed by atoms with Crippen molar-refractivity contribution in [2.45, 2.75) is 6.92 Å². The van der Waals surface area contributed by atoms with Crippen LogP contribution in [-0.4, -0.2) is 36.0 Å². The van der Waals surface area contributed by atoms with Crippen LogP contribution in [0.4, 0.5) is 11.4 Å². The molecule has 0 aliphatic heterocycles. The summed E-state index contributed by atoms with van der Waals surface area (Å²) < 4.78 is 10.5. The molecule has 178 valence electrons. The first-order valence-corrected chi connectivity index (χ1v) is 10.1. The molecular formula is C24H20N4O7. The van der Waals surface area contributed by atoms with Crippen LogP contribution in [-0.2, 0) is 4.79 Å². The number of hydrogen-bond donors (Lipinski definition) is 2. The van der Waals surface area contributed by atoms with E-state index in [1.54, 1.807) is 24.3 Å². The molecule has 0 unspecified atom stereocenters. The van der Waals surface area contributed by atoms with Crippen LogP contribution in [0.15, 0.2) is 71.8 Å². The molecule has 0 radical (unpaired) electrons. The number of amides is 2. The number of non-ortho nitro benzene ring substituents is 1. The Morgan fingerprint density at radius 1 is 1.00 bits per heavy atom. The molecule has 3 rings (SSSR count). The maximum Gasteiger partial charge on any atom is 0.343 e. The highest BCUT2D eigenvalue weighted by molar-refractivity contribution is 5.97. The van der Waals surface area contributed by atoms with Gasteiger partial charge in [0.1, 0.15) is 11.5 Å². The van der Waals surface area contributed by atoms with Crippen LogP contribution < -0.4 is 20.2 Å². The molecule has 11 nitrogen and oxygen atoms in total. The molecular weight excluding hydrogens is 456 g/mol. The van der Waals surface area contributed by atoms with Gasteiger partial charge in [-0.05, 0) is 48.5 Å². The summed E-state index contributed by atoms with van der Waals surface area (Å²) in [5.41, 5.74) is 3.14. The van der Waals surface area contributed by atoms with Gasteiger partial charge < -0.3 is 14.8 Å². The molecule has 0 spiro atoms. The number of ether oxygens (including phenoxy) is 2. The lowest BCUT2D eigenvalue weighted by Crippen LogP contribution is -2.18. The summed E-state index contributed by atoms with van der Waals surface area (Å²) in [5, 5.41) is 17.6. The van der Waals surface area contributed by atoms with Crippen molar-refractivity contribution in [1.29, 1.82) is 0 Å². The Morgan fingerprint density at radius 2 is 1.74 bits per heavy atom. The second-order valence-corrected chi connectivity index (χ2v) is 7.06. The number of hydrazone groups is 1. The number of nitro benzene ring substituents is 1. The molecule has 0 saturated carbocycles. The Labute approximate surface area is 199 Å². The number of hydrogen-bond acceptors (Lipinski definition) is 8. The molecule has 0 bridgehead atoms. The van der Waals surface area contributed by atoms with Crippen LogP contribution in [0.3, 0.4) is 0 Å². The maximum absolute atomic E-state index is 12.6. The molecule has 0 aliphatic rings. The van der Waals surface area contributed by atoms with Gasteiger partial charge in [-0.15, -0.1) is 0 Å². The lowest BCUT2D eigenvalue weighted by molar-refractivity contribution is -0.384. The van der Waals surface area contributed by atoms with Gasteiger partial charge in [-0.3, -0.25) is 19.7 Å². The van der Waals surface area contributed by atoms with Gasteiger partial charge in [-0.1, -0.05) is 6.07 Å². The summed E-state index contributed by atoms with van der Waals surface area (Å²) in [6.45, 7) is 1.37. The number of benzene rings is 3. The molecule has 2 N–H and O–H groups in total. The van der Waals surface area contributed by atoms with Gasteiger partial charge in [-0.25, -0.2) is 10.2 Å². The number of carbonyl (C=O) groups is 3. The summed E-state index contributed by atoms with van der Waals surface area (Å²) in [6, 6.07) is 16.0. The predicted octanol–water partition coefficient (Wildman–Crippen LogP) is 3.54. The highest BCUT2D eigenvalue weighted by Gasteiger charge is 2.16. The van der Waals surface area contributed by atoms with E-state index in [0.29, 0.717) is 11.4 Å². The predicted molar refractivity (Wildman–Crippen MR) is 127 cm³/mol. The Morgan fingerprint density at radius 3 is 2.40 bits per heavy atom. The molecule has 35 heavy (non-hydrogen) atoms. The van der Waals surface area contributed by atoms with Crippen LogP contribution >= 0.6 is 0 Å².